The van der Waals surface area contributed by atoms with Crippen molar-refractivity contribution in [2.75, 3.05) is 19.7 Å². The van der Waals surface area contributed by atoms with Crippen LogP contribution in [-0.4, -0.2) is 38.5 Å². The highest BCUT2D eigenvalue weighted by atomic mass is 35.5. The third-order valence-corrected chi connectivity index (χ3v) is 5.11. The second-order valence-electron chi connectivity index (χ2n) is 4.32. The summed E-state index contributed by atoms with van der Waals surface area (Å²) in [5.74, 6) is 0.384. The van der Waals surface area contributed by atoms with E-state index in [0.717, 1.165) is 5.56 Å². The van der Waals surface area contributed by atoms with E-state index in [1.165, 1.54) is 4.31 Å². The summed E-state index contributed by atoms with van der Waals surface area (Å²) >= 11 is 5.68. The van der Waals surface area contributed by atoms with Gasteiger partial charge >= 0.3 is 0 Å². The molecule has 0 N–H and O–H groups in total. The van der Waals surface area contributed by atoms with Crippen molar-refractivity contribution >= 4 is 21.6 Å². The Balaban J connectivity index is 2.23. The van der Waals surface area contributed by atoms with E-state index in [9.17, 15) is 8.42 Å². The number of benzene rings is 1. The highest BCUT2D eigenvalue weighted by Crippen LogP contribution is 2.19. The molecule has 1 aromatic carbocycles. The molecule has 4 nitrogen and oxygen atoms in total. The highest BCUT2D eigenvalue weighted by molar-refractivity contribution is 7.89. The van der Waals surface area contributed by atoms with E-state index in [-0.39, 0.29) is 6.10 Å². The average molecular weight is 290 g/mol. The Kier molecular flexibility index (Phi) is 4.27. The van der Waals surface area contributed by atoms with Gasteiger partial charge in [-0.05, 0) is 24.6 Å². The van der Waals surface area contributed by atoms with Crippen molar-refractivity contribution in [1.29, 1.82) is 0 Å². The van der Waals surface area contributed by atoms with Gasteiger partial charge in [0.15, 0.2) is 0 Å². The molecule has 1 aliphatic rings. The van der Waals surface area contributed by atoms with Gasteiger partial charge < -0.3 is 4.74 Å². The Morgan fingerprint density at radius 2 is 2.06 bits per heavy atom. The number of hydrogen-bond acceptors (Lipinski definition) is 3. The van der Waals surface area contributed by atoms with Gasteiger partial charge in [-0.3, -0.25) is 0 Å². The molecule has 1 unspecified atom stereocenters. The largest absolute Gasteiger partial charge is 0.376 e. The lowest BCUT2D eigenvalue weighted by Crippen LogP contribution is -2.44. The lowest BCUT2D eigenvalue weighted by molar-refractivity contribution is 0.0102. The van der Waals surface area contributed by atoms with E-state index in [1.807, 2.05) is 6.92 Å². The summed E-state index contributed by atoms with van der Waals surface area (Å²) in [6, 6.07) is 6.69. The van der Waals surface area contributed by atoms with Gasteiger partial charge in [-0.15, -0.1) is 11.6 Å². The normalized spacial score (nSPS) is 22.0. The van der Waals surface area contributed by atoms with Crippen LogP contribution in [0.25, 0.3) is 0 Å². The maximum absolute atomic E-state index is 12.4. The van der Waals surface area contributed by atoms with Crippen molar-refractivity contribution in [3.05, 3.63) is 29.8 Å². The summed E-state index contributed by atoms with van der Waals surface area (Å²) in [4.78, 5) is 0.311. The molecule has 2 rings (SSSR count). The number of ether oxygens (including phenoxy) is 1. The molecule has 0 amide bonds. The second-order valence-corrected chi connectivity index (χ2v) is 6.53. The molecular formula is C12H16ClNO3S. The van der Waals surface area contributed by atoms with Crippen LogP contribution < -0.4 is 0 Å². The smallest absolute Gasteiger partial charge is 0.243 e. The van der Waals surface area contributed by atoms with Crippen molar-refractivity contribution in [2.45, 2.75) is 23.8 Å². The van der Waals surface area contributed by atoms with Gasteiger partial charge in [0.25, 0.3) is 0 Å². The van der Waals surface area contributed by atoms with Crippen LogP contribution in [-0.2, 0) is 20.6 Å². The van der Waals surface area contributed by atoms with Crippen molar-refractivity contribution < 1.29 is 13.2 Å². The SMILES string of the molecule is CC1CN(S(=O)(=O)c2ccc(CCl)cc2)CCO1. The third-order valence-electron chi connectivity index (χ3n) is 2.92. The summed E-state index contributed by atoms with van der Waals surface area (Å²) in [5, 5.41) is 0. The Labute approximate surface area is 113 Å². The molecule has 1 saturated heterocycles. The van der Waals surface area contributed by atoms with E-state index >= 15 is 0 Å². The summed E-state index contributed by atoms with van der Waals surface area (Å²) in [6.45, 7) is 3.13. The first kappa shape index (κ1) is 13.8. The number of nitrogens with zero attached hydrogens (tertiary/aromatic N) is 1. The van der Waals surface area contributed by atoms with Crippen molar-refractivity contribution in [1.82, 2.24) is 4.31 Å². The van der Waals surface area contributed by atoms with Crippen LogP contribution in [0.1, 0.15) is 12.5 Å². The van der Waals surface area contributed by atoms with Crippen LogP contribution in [0.2, 0.25) is 0 Å². The predicted octanol–water partition coefficient (Wildman–Crippen LogP) is 1.83. The minimum atomic E-state index is -3.41. The van der Waals surface area contributed by atoms with E-state index in [1.54, 1.807) is 24.3 Å². The molecule has 1 heterocycles. The molecule has 1 atom stereocenters. The van der Waals surface area contributed by atoms with Crippen molar-refractivity contribution in [3.8, 4) is 0 Å². The van der Waals surface area contributed by atoms with Crippen LogP contribution >= 0.6 is 11.6 Å². The Hall–Kier alpha value is -0.620. The molecule has 1 aliphatic heterocycles. The average Bonchev–Trinajstić information content (AvgIpc) is 2.39. The molecule has 1 fully saturated rings. The summed E-state index contributed by atoms with van der Waals surface area (Å²) in [5.41, 5.74) is 0.908. The Morgan fingerprint density at radius 1 is 1.39 bits per heavy atom. The van der Waals surface area contributed by atoms with Crippen molar-refractivity contribution in [3.63, 3.8) is 0 Å². The molecule has 0 saturated carbocycles. The fourth-order valence-electron chi connectivity index (χ4n) is 1.90. The number of rotatable bonds is 3. The zero-order chi connectivity index (χ0) is 13.2. The molecule has 18 heavy (non-hydrogen) atoms. The number of alkyl halides is 1. The zero-order valence-electron chi connectivity index (χ0n) is 10.2. The summed E-state index contributed by atoms with van der Waals surface area (Å²) < 4.78 is 31.6. The first-order chi connectivity index (χ1) is 8.54. The fraction of sp³-hybridized carbons (Fsp3) is 0.500. The lowest BCUT2D eigenvalue weighted by atomic mass is 10.2. The maximum Gasteiger partial charge on any atom is 0.243 e. The van der Waals surface area contributed by atoms with Gasteiger partial charge in [-0.2, -0.15) is 4.31 Å². The molecule has 0 aromatic heterocycles. The summed E-state index contributed by atoms with van der Waals surface area (Å²) in [7, 11) is -3.41. The molecule has 0 aliphatic carbocycles. The fourth-order valence-corrected chi connectivity index (χ4v) is 3.58. The standard InChI is InChI=1S/C12H16ClNO3S/c1-10-9-14(6-7-17-10)18(15,16)12-4-2-11(8-13)3-5-12/h2-5,10H,6-9H2,1H3. The lowest BCUT2D eigenvalue weighted by Gasteiger charge is -2.30. The molecule has 100 valence electrons. The van der Waals surface area contributed by atoms with Gasteiger partial charge in [-0.1, -0.05) is 12.1 Å². The number of morpholine rings is 1. The summed E-state index contributed by atoms with van der Waals surface area (Å²) in [6.07, 6.45) is -0.0596. The van der Waals surface area contributed by atoms with E-state index in [4.69, 9.17) is 16.3 Å². The van der Waals surface area contributed by atoms with Crippen LogP contribution in [0.5, 0.6) is 0 Å². The Bertz CT molecular complexity index is 501. The maximum atomic E-state index is 12.4. The van der Waals surface area contributed by atoms with Gasteiger partial charge in [0.2, 0.25) is 10.0 Å². The topological polar surface area (TPSA) is 46.6 Å². The van der Waals surface area contributed by atoms with Gasteiger partial charge in [-0.25, -0.2) is 8.42 Å². The van der Waals surface area contributed by atoms with E-state index in [2.05, 4.69) is 0 Å². The van der Waals surface area contributed by atoms with Crippen LogP contribution in [0.3, 0.4) is 0 Å². The number of sulfonamides is 1. The molecular weight excluding hydrogens is 274 g/mol. The van der Waals surface area contributed by atoms with Crippen molar-refractivity contribution in [2.24, 2.45) is 0 Å². The predicted molar refractivity (Wildman–Crippen MR) is 70.2 cm³/mol. The molecule has 0 spiro atoms. The van der Waals surface area contributed by atoms with Gasteiger partial charge in [0, 0.05) is 19.0 Å². The van der Waals surface area contributed by atoms with Gasteiger partial charge in [0.05, 0.1) is 17.6 Å². The van der Waals surface area contributed by atoms with Crippen LogP contribution in [0.4, 0.5) is 0 Å². The Morgan fingerprint density at radius 3 is 2.61 bits per heavy atom. The minimum absolute atomic E-state index is 0.0596. The molecule has 1 aromatic rings. The van der Waals surface area contributed by atoms with E-state index in [0.29, 0.717) is 30.5 Å². The first-order valence-electron chi connectivity index (χ1n) is 5.80. The zero-order valence-corrected chi connectivity index (χ0v) is 11.7. The highest BCUT2D eigenvalue weighted by Gasteiger charge is 2.28. The third kappa shape index (κ3) is 2.85. The quantitative estimate of drug-likeness (QED) is 0.798. The molecule has 6 heteroatoms. The monoisotopic (exact) mass is 289 g/mol. The minimum Gasteiger partial charge on any atom is -0.376 e. The van der Waals surface area contributed by atoms with Crippen LogP contribution in [0, 0.1) is 0 Å². The molecule has 0 radical (unpaired) electrons. The number of halogens is 1. The first-order valence-corrected chi connectivity index (χ1v) is 7.78. The van der Waals surface area contributed by atoms with Crippen LogP contribution in [0.15, 0.2) is 29.2 Å². The van der Waals surface area contributed by atoms with Gasteiger partial charge in [0.1, 0.15) is 0 Å². The molecule has 0 bridgehead atoms. The number of hydrogen-bond donors (Lipinski definition) is 0. The second kappa shape index (κ2) is 5.57. The van der Waals surface area contributed by atoms with E-state index < -0.39 is 10.0 Å².